The first-order valence-electron chi connectivity index (χ1n) is 6.04. The summed E-state index contributed by atoms with van der Waals surface area (Å²) in [6.07, 6.45) is 1.27. The molecular formula is C14H15Cl2N3O2. The van der Waals surface area contributed by atoms with Crippen molar-refractivity contribution < 1.29 is 9.90 Å². The third-order valence-electron chi connectivity index (χ3n) is 2.55. The Bertz CT molecular complexity index is 607. The molecule has 3 N–H and O–H groups in total. The molecule has 0 radical (unpaired) electrons. The lowest BCUT2D eigenvalue weighted by Gasteiger charge is -2.22. The van der Waals surface area contributed by atoms with E-state index in [1.165, 1.54) is 12.3 Å². The average molecular weight is 328 g/mol. The molecule has 0 saturated carbocycles. The molecule has 0 aromatic heterocycles. The second kappa shape index (κ2) is 7.32. The number of amides is 1. The first-order chi connectivity index (χ1) is 9.79. The van der Waals surface area contributed by atoms with Crippen molar-refractivity contribution in [3.63, 3.8) is 0 Å². The second-order valence-electron chi connectivity index (χ2n) is 4.94. The third-order valence-corrected chi connectivity index (χ3v) is 3.28. The summed E-state index contributed by atoms with van der Waals surface area (Å²) in [6, 6.07) is 6.40. The number of nitriles is 1. The molecule has 0 aliphatic rings. The zero-order valence-electron chi connectivity index (χ0n) is 11.6. The van der Waals surface area contributed by atoms with Crippen LogP contribution in [0.1, 0.15) is 13.8 Å². The molecular weight excluding hydrogens is 313 g/mol. The number of hydrogen-bond acceptors (Lipinski definition) is 4. The summed E-state index contributed by atoms with van der Waals surface area (Å²) in [6.45, 7) is 3.32. The Balaban J connectivity index is 2.83. The van der Waals surface area contributed by atoms with E-state index in [1.807, 2.05) is 0 Å². The molecule has 112 valence electrons. The van der Waals surface area contributed by atoms with Gasteiger partial charge in [-0.25, -0.2) is 0 Å². The molecule has 0 bridgehead atoms. The Morgan fingerprint density at radius 1 is 1.43 bits per heavy atom. The number of aliphatic hydroxyl groups is 1. The van der Waals surface area contributed by atoms with Gasteiger partial charge in [0.15, 0.2) is 0 Å². The molecule has 1 aromatic rings. The molecule has 1 aromatic carbocycles. The summed E-state index contributed by atoms with van der Waals surface area (Å²) < 4.78 is 0. The van der Waals surface area contributed by atoms with Gasteiger partial charge in [-0.3, -0.25) is 4.79 Å². The quantitative estimate of drug-likeness (QED) is 0.573. The molecule has 21 heavy (non-hydrogen) atoms. The van der Waals surface area contributed by atoms with E-state index in [2.05, 4.69) is 10.6 Å². The van der Waals surface area contributed by atoms with Gasteiger partial charge in [0, 0.05) is 11.9 Å². The lowest BCUT2D eigenvalue weighted by molar-refractivity contribution is -0.112. The molecule has 1 amide bonds. The zero-order valence-corrected chi connectivity index (χ0v) is 13.1. The Labute approximate surface area is 133 Å². The number of rotatable bonds is 5. The van der Waals surface area contributed by atoms with Crippen LogP contribution < -0.4 is 10.6 Å². The highest BCUT2D eigenvalue weighted by molar-refractivity contribution is 6.42. The van der Waals surface area contributed by atoms with Crippen LogP contribution in [0.2, 0.25) is 10.0 Å². The van der Waals surface area contributed by atoms with Crippen LogP contribution in [0.5, 0.6) is 0 Å². The minimum absolute atomic E-state index is 0.123. The van der Waals surface area contributed by atoms with Gasteiger partial charge in [-0.1, -0.05) is 23.2 Å². The highest BCUT2D eigenvalue weighted by atomic mass is 35.5. The predicted molar refractivity (Wildman–Crippen MR) is 83.1 cm³/mol. The van der Waals surface area contributed by atoms with E-state index in [0.29, 0.717) is 15.7 Å². The standard InChI is InChI=1S/C14H15Cl2N3O2/c1-14(2,8-20)18-7-9(6-17)13(21)19-10-3-4-11(15)12(16)5-10/h3-5,7,18,20H,8H2,1-2H3,(H,19,21)/b9-7-. The van der Waals surface area contributed by atoms with Crippen LogP contribution >= 0.6 is 23.2 Å². The van der Waals surface area contributed by atoms with Gasteiger partial charge < -0.3 is 15.7 Å². The molecule has 0 fully saturated rings. The largest absolute Gasteiger partial charge is 0.394 e. The smallest absolute Gasteiger partial charge is 0.267 e. The molecule has 0 aliphatic heterocycles. The van der Waals surface area contributed by atoms with Crippen molar-refractivity contribution in [2.45, 2.75) is 19.4 Å². The molecule has 0 saturated heterocycles. The highest BCUT2D eigenvalue weighted by Gasteiger charge is 2.16. The molecule has 0 aliphatic carbocycles. The normalized spacial score (nSPS) is 11.7. The number of benzene rings is 1. The van der Waals surface area contributed by atoms with Crippen LogP contribution in [0.3, 0.4) is 0 Å². The van der Waals surface area contributed by atoms with E-state index in [9.17, 15) is 4.79 Å². The monoisotopic (exact) mass is 327 g/mol. The average Bonchev–Trinajstić information content (AvgIpc) is 2.43. The lowest BCUT2D eigenvalue weighted by atomic mass is 10.1. The Kier molecular flexibility index (Phi) is 6.03. The number of aliphatic hydroxyl groups excluding tert-OH is 1. The van der Waals surface area contributed by atoms with Gasteiger partial charge in [0.1, 0.15) is 11.6 Å². The second-order valence-corrected chi connectivity index (χ2v) is 5.75. The Hall–Kier alpha value is -1.74. The van der Waals surface area contributed by atoms with Crippen LogP contribution in [0.15, 0.2) is 30.0 Å². The number of anilines is 1. The number of carbonyl (C=O) groups is 1. The number of carbonyl (C=O) groups excluding carboxylic acids is 1. The first-order valence-corrected chi connectivity index (χ1v) is 6.80. The van der Waals surface area contributed by atoms with Crippen molar-refractivity contribution in [1.82, 2.24) is 5.32 Å². The lowest BCUT2D eigenvalue weighted by Crippen LogP contribution is -2.39. The van der Waals surface area contributed by atoms with Crippen LogP contribution in [0, 0.1) is 11.3 Å². The third kappa shape index (κ3) is 5.27. The highest BCUT2D eigenvalue weighted by Crippen LogP contribution is 2.25. The fourth-order valence-electron chi connectivity index (χ4n) is 1.23. The fraction of sp³-hybridized carbons (Fsp3) is 0.286. The predicted octanol–water partition coefficient (Wildman–Crippen LogP) is 2.70. The van der Waals surface area contributed by atoms with Crippen molar-refractivity contribution in [2.75, 3.05) is 11.9 Å². The maximum Gasteiger partial charge on any atom is 0.267 e. The maximum absolute atomic E-state index is 12.0. The van der Waals surface area contributed by atoms with Crippen LogP contribution in [-0.2, 0) is 4.79 Å². The Morgan fingerprint density at radius 3 is 2.62 bits per heavy atom. The van der Waals surface area contributed by atoms with Crippen molar-refractivity contribution in [3.8, 4) is 6.07 Å². The van der Waals surface area contributed by atoms with E-state index in [0.717, 1.165) is 0 Å². The molecule has 1 rings (SSSR count). The minimum Gasteiger partial charge on any atom is -0.394 e. The number of nitrogens with zero attached hydrogens (tertiary/aromatic N) is 1. The van der Waals surface area contributed by atoms with Crippen LogP contribution in [0.4, 0.5) is 5.69 Å². The van der Waals surface area contributed by atoms with E-state index < -0.39 is 11.4 Å². The maximum atomic E-state index is 12.0. The summed E-state index contributed by atoms with van der Waals surface area (Å²) >= 11 is 11.6. The molecule has 0 unspecified atom stereocenters. The van der Waals surface area contributed by atoms with Gasteiger partial charge in [-0.2, -0.15) is 5.26 Å². The minimum atomic E-state index is -0.633. The summed E-state index contributed by atoms with van der Waals surface area (Å²) in [7, 11) is 0. The van der Waals surface area contributed by atoms with Gasteiger partial charge in [-0.15, -0.1) is 0 Å². The number of nitrogens with one attached hydrogen (secondary N) is 2. The van der Waals surface area contributed by atoms with Crippen LogP contribution in [-0.4, -0.2) is 23.2 Å². The zero-order chi connectivity index (χ0) is 16.0. The topological polar surface area (TPSA) is 85.2 Å². The summed E-state index contributed by atoms with van der Waals surface area (Å²) in [4.78, 5) is 12.0. The van der Waals surface area contributed by atoms with Crippen molar-refractivity contribution in [1.29, 1.82) is 5.26 Å². The molecule has 5 nitrogen and oxygen atoms in total. The molecule has 7 heteroatoms. The van der Waals surface area contributed by atoms with E-state index in [1.54, 1.807) is 32.0 Å². The number of halogens is 2. The first kappa shape index (κ1) is 17.3. The van der Waals surface area contributed by atoms with Gasteiger partial charge in [-0.05, 0) is 32.0 Å². The molecule has 0 atom stereocenters. The van der Waals surface area contributed by atoms with Gasteiger partial charge >= 0.3 is 0 Å². The molecule has 0 heterocycles. The summed E-state index contributed by atoms with van der Waals surface area (Å²) in [5, 5.41) is 24.1. The van der Waals surface area contributed by atoms with Gasteiger partial charge in [0.25, 0.3) is 5.91 Å². The summed E-state index contributed by atoms with van der Waals surface area (Å²) in [5.41, 5.74) is -0.328. The van der Waals surface area contributed by atoms with Crippen molar-refractivity contribution >= 4 is 34.8 Å². The molecule has 0 spiro atoms. The summed E-state index contributed by atoms with van der Waals surface area (Å²) in [5.74, 6) is -0.586. The number of hydrogen-bond donors (Lipinski definition) is 3. The van der Waals surface area contributed by atoms with Gasteiger partial charge in [0.2, 0.25) is 0 Å². The SMILES string of the molecule is CC(C)(CO)N/C=C(/C#N)C(=O)Nc1ccc(Cl)c(Cl)c1. The fourth-order valence-corrected chi connectivity index (χ4v) is 1.53. The van der Waals surface area contributed by atoms with Crippen molar-refractivity contribution in [3.05, 3.63) is 40.0 Å². The van der Waals surface area contributed by atoms with E-state index >= 15 is 0 Å². The van der Waals surface area contributed by atoms with Crippen LogP contribution in [0.25, 0.3) is 0 Å². The van der Waals surface area contributed by atoms with Crippen molar-refractivity contribution in [2.24, 2.45) is 0 Å². The van der Waals surface area contributed by atoms with E-state index in [-0.39, 0.29) is 12.2 Å². The van der Waals surface area contributed by atoms with Gasteiger partial charge in [0.05, 0.1) is 22.2 Å². The Morgan fingerprint density at radius 2 is 2.10 bits per heavy atom. The van der Waals surface area contributed by atoms with E-state index in [4.69, 9.17) is 33.6 Å².